The molecule has 0 saturated heterocycles. The third-order valence-electron chi connectivity index (χ3n) is 2.93. The first-order valence-electron chi connectivity index (χ1n) is 6.74. The van der Waals surface area contributed by atoms with Gasteiger partial charge in [0.2, 0.25) is 0 Å². The number of carboxylic acid groups (broad SMARTS) is 1. The highest BCUT2D eigenvalue weighted by Crippen LogP contribution is 2.09. The molecular weight excluding hydrogens is 270 g/mol. The molecule has 0 saturated carbocycles. The topological polar surface area (TPSA) is 84.2 Å². The molecule has 0 aliphatic rings. The third-order valence-corrected chi connectivity index (χ3v) is 2.93. The van der Waals surface area contributed by atoms with Crippen LogP contribution in [0.2, 0.25) is 0 Å². The molecular formula is C15H17N3O3. The van der Waals surface area contributed by atoms with Crippen molar-refractivity contribution in [2.24, 2.45) is 0 Å². The summed E-state index contributed by atoms with van der Waals surface area (Å²) in [5.74, 6) is -0.917. The Morgan fingerprint density at radius 2 is 1.95 bits per heavy atom. The molecule has 0 unspecified atom stereocenters. The fourth-order valence-electron chi connectivity index (χ4n) is 1.95. The van der Waals surface area contributed by atoms with Crippen LogP contribution in [0.4, 0.5) is 5.82 Å². The van der Waals surface area contributed by atoms with Gasteiger partial charge in [-0.1, -0.05) is 25.5 Å². The number of carboxylic acids is 1. The molecule has 1 amide bonds. The molecule has 0 aliphatic carbocycles. The molecule has 0 atom stereocenters. The minimum absolute atomic E-state index is 0.235. The van der Waals surface area contributed by atoms with Crippen LogP contribution in [0, 0.1) is 0 Å². The first-order chi connectivity index (χ1) is 10.1. The lowest BCUT2D eigenvalue weighted by Crippen LogP contribution is -2.14. The third kappa shape index (κ3) is 4.17. The largest absolute Gasteiger partial charge is 0.480 e. The average Bonchev–Trinajstić information content (AvgIpc) is 2.86. The van der Waals surface area contributed by atoms with Crippen LogP contribution < -0.4 is 5.32 Å². The summed E-state index contributed by atoms with van der Waals surface area (Å²) in [5.41, 5.74) is 1.74. The first-order valence-corrected chi connectivity index (χ1v) is 6.74. The molecule has 1 aromatic carbocycles. The minimum atomic E-state index is -0.984. The van der Waals surface area contributed by atoms with Gasteiger partial charge in [-0.15, -0.1) is 0 Å². The number of aromatic nitrogens is 2. The van der Waals surface area contributed by atoms with Gasteiger partial charge in [0.05, 0.1) is 0 Å². The lowest BCUT2D eigenvalue weighted by atomic mass is 10.1. The summed E-state index contributed by atoms with van der Waals surface area (Å²) in [4.78, 5) is 22.6. The molecule has 2 rings (SSSR count). The maximum atomic E-state index is 12.0. The second kappa shape index (κ2) is 6.69. The van der Waals surface area contributed by atoms with Crippen LogP contribution in [-0.4, -0.2) is 26.8 Å². The quantitative estimate of drug-likeness (QED) is 0.852. The van der Waals surface area contributed by atoms with Gasteiger partial charge in [0, 0.05) is 17.8 Å². The van der Waals surface area contributed by atoms with Gasteiger partial charge in [0.25, 0.3) is 5.91 Å². The molecule has 0 bridgehead atoms. The fourth-order valence-corrected chi connectivity index (χ4v) is 1.95. The van der Waals surface area contributed by atoms with Gasteiger partial charge >= 0.3 is 5.97 Å². The Morgan fingerprint density at radius 1 is 1.24 bits per heavy atom. The Bertz CT molecular complexity index is 632. The summed E-state index contributed by atoms with van der Waals surface area (Å²) in [6.07, 6.45) is 3.56. The van der Waals surface area contributed by atoms with E-state index in [4.69, 9.17) is 5.11 Å². The number of hydrogen-bond donors (Lipinski definition) is 2. The van der Waals surface area contributed by atoms with Crippen LogP contribution in [0.3, 0.4) is 0 Å². The monoisotopic (exact) mass is 287 g/mol. The molecule has 1 heterocycles. The van der Waals surface area contributed by atoms with E-state index in [-0.39, 0.29) is 12.5 Å². The maximum absolute atomic E-state index is 12.0. The van der Waals surface area contributed by atoms with Crippen molar-refractivity contribution in [3.63, 3.8) is 0 Å². The van der Waals surface area contributed by atoms with Gasteiger partial charge in [-0.05, 0) is 24.1 Å². The maximum Gasteiger partial charge on any atom is 0.325 e. The highest BCUT2D eigenvalue weighted by atomic mass is 16.4. The summed E-state index contributed by atoms with van der Waals surface area (Å²) < 4.78 is 1.25. The Morgan fingerprint density at radius 3 is 2.57 bits per heavy atom. The number of aryl methyl sites for hydroxylation is 1. The van der Waals surface area contributed by atoms with Crippen LogP contribution in [0.15, 0.2) is 36.5 Å². The van der Waals surface area contributed by atoms with Crippen molar-refractivity contribution in [1.82, 2.24) is 9.78 Å². The zero-order valence-corrected chi connectivity index (χ0v) is 11.7. The van der Waals surface area contributed by atoms with Gasteiger partial charge in [-0.25, -0.2) is 0 Å². The summed E-state index contributed by atoms with van der Waals surface area (Å²) in [6, 6.07) is 8.97. The van der Waals surface area contributed by atoms with E-state index < -0.39 is 5.97 Å². The predicted octanol–water partition coefficient (Wildman–Crippen LogP) is 2.17. The van der Waals surface area contributed by atoms with Gasteiger partial charge in [-0.3, -0.25) is 14.3 Å². The molecule has 0 aliphatic heterocycles. The van der Waals surface area contributed by atoms with E-state index in [1.54, 1.807) is 18.2 Å². The van der Waals surface area contributed by atoms with Crippen molar-refractivity contribution in [3.8, 4) is 0 Å². The smallest absolute Gasteiger partial charge is 0.325 e. The Hall–Kier alpha value is -2.63. The van der Waals surface area contributed by atoms with Crippen LogP contribution in [0.5, 0.6) is 0 Å². The molecule has 110 valence electrons. The SMILES string of the molecule is CCCc1ccc(C(=O)Nc2ccn(CC(=O)O)n2)cc1. The summed E-state index contributed by atoms with van der Waals surface area (Å²) in [5, 5.41) is 15.3. The summed E-state index contributed by atoms with van der Waals surface area (Å²) in [7, 11) is 0. The fraction of sp³-hybridized carbons (Fsp3) is 0.267. The van der Waals surface area contributed by atoms with Crippen molar-refractivity contribution < 1.29 is 14.7 Å². The average molecular weight is 287 g/mol. The number of anilines is 1. The van der Waals surface area contributed by atoms with E-state index in [1.807, 2.05) is 12.1 Å². The standard InChI is InChI=1S/C15H17N3O3/c1-2-3-11-4-6-12(7-5-11)15(21)16-13-8-9-18(17-13)10-14(19)20/h4-9H,2-3,10H2,1H3,(H,19,20)(H,16,17,21). The minimum Gasteiger partial charge on any atom is -0.480 e. The van der Waals surface area contributed by atoms with Gasteiger partial charge in [0.15, 0.2) is 5.82 Å². The number of nitrogens with one attached hydrogen (secondary N) is 1. The number of nitrogens with zero attached hydrogens (tertiary/aromatic N) is 2. The molecule has 6 heteroatoms. The molecule has 1 aromatic heterocycles. The van der Waals surface area contributed by atoms with Gasteiger partial charge < -0.3 is 10.4 Å². The van der Waals surface area contributed by atoms with Crippen molar-refractivity contribution in [2.45, 2.75) is 26.3 Å². The van der Waals surface area contributed by atoms with E-state index in [0.29, 0.717) is 11.4 Å². The van der Waals surface area contributed by atoms with Crippen molar-refractivity contribution >= 4 is 17.7 Å². The number of amides is 1. The van der Waals surface area contributed by atoms with E-state index in [2.05, 4.69) is 17.3 Å². The molecule has 21 heavy (non-hydrogen) atoms. The second-order valence-corrected chi connectivity index (χ2v) is 4.69. The van der Waals surface area contributed by atoms with Crippen molar-refractivity contribution in [1.29, 1.82) is 0 Å². The number of benzene rings is 1. The van der Waals surface area contributed by atoms with Crippen LogP contribution in [-0.2, 0) is 17.8 Å². The van der Waals surface area contributed by atoms with Gasteiger partial charge in [0.1, 0.15) is 6.54 Å². The molecule has 2 aromatic rings. The molecule has 0 radical (unpaired) electrons. The first kappa shape index (κ1) is 14.8. The zero-order valence-electron chi connectivity index (χ0n) is 11.7. The number of carbonyl (C=O) groups excluding carboxylic acids is 1. The van der Waals surface area contributed by atoms with Crippen LogP contribution >= 0.6 is 0 Å². The van der Waals surface area contributed by atoms with Crippen LogP contribution in [0.1, 0.15) is 29.3 Å². The number of carbonyl (C=O) groups is 2. The molecule has 0 fully saturated rings. The van der Waals surface area contributed by atoms with E-state index >= 15 is 0 Å². The van der Waals surface area contributed by atoms with Crippen molar-refractivity contribution in [2.75, 3.05) is 5.32 Å². The highest BCUT2D eigenvalue weighted by molar-refractivity contribution is 6.03. The van der Waals surface area contributed by atoms with E-state index in [9.17, 15) is 9.59 Å². The highest BCUT2D eigenvalue weighted by Gasteiger charge is 2.09. The molecule has 0 spiro atoms. The number of rotatable bonds is 6. The number of hydrogen-bond acceptors (Lipinski definition) is 3. The summed E-state index contributed by atoms with van der Waals surface area (Å²) >= 11 is 0. The summed E-state index contributed by atoms with van der Waals surface area (Å²) in [6.45, 7) is 1.87. The molecule has 6 nitrogen and oxygen atoms in total. The van der Waals surface area contributed by atoms with Crippen molar-refractivity contribution in [3.05, 3.63) is 47.7 Å². The lowest BCUT2D eigenvalue weighted by molar-refractivity contribution is -0.137. The Balaban J connectivity index is 2.00. The Labute approximate surface area is 122 Å². The van der Waals surface area contributed by atoms with E-state index in [1.165, 1.54) is 16.4 Å². The van der Waals surface area contributed by atoms with E-state index in [0.717, 1.165) is 12.8 Å². The number of aliphatic carboxylic acids is 1. The molecule has 2 N–H and O–H groups in total. The van der Waals surface area contributed by atoms with Crippen LogP contribution in [0.25, 0.3) is 0 Å². The normalized spacial score (nSPS) is 10.3. The van der Waals surface area contributed by atoms with Gasteiger partial charge in [-0.2, -0.15) is 5.10 Å². The second-order valence-electron chi connectivity index (χ2n) is 4.69. The zero-order chi connectivity index (χ0) is 15.2. The predicted molar refractivity (Wildman–Crippen MR) is 78.3 cm³/mol. The Kier molecular flexibility index (Phi) is 4.71. The lowest BCUT2D eigenvalue weighted by Gasteiger charge is -2.04.